The zero-order valence-corrected chi connectivity index (χ0v) is 17.3. The molecule has 0 bridgehead atoms. The summed E-state index contributed by atoms with van der Waals surface area (Å²) in [6.07, 6.45) is -0.630. The number of hydrogen-bond donors (Lipinski definition) is 2. The molecule has 0 fully saturated rings. The average molecular weight is 426 g/mol. The maximum Gasteiger partial charge on any atom is 0.408 e. The number of alkyl carbamates (subject to hydrolysis) is 1. The maximum atomic E-state index is 12.9. The normalized spacial score (nSPS) is 15.1. The van der Waals surface area contributed by atoms with Gasteiger partial charge in [-0.25, -0.2) is 4.79 Å². The minimum atomic E-state index is -0.630. The summed E-state index contributed by atoms with van der Waals surface area (Å²) in [4.78, 5) is 37.8. The smallest absolute Gasteiger partial charge is 0.408 e. The number of nitrogens with zero attached hydrogens (tertiary/aromatic N) is 4. The predicted molar refractivity (Wildman–Crippen MR) is 109 cm³/mol. The van der Waals surface area contributed by atoms with Crippen molar-refractivity contribution >= 4 is 23.6 Å². The lowest BCUT2D eigenvalue weighted by Crippen LogP contribution is -2.47. The zero-order chi connectivity index (χ0) is 22.5. The topological polar surface area (TPSA) is 139 Å². The van der Waals surface area contributed by atoms with Crippen molar-refractivity contribution in [3.8, 4) is 17.3 Å². The minimum Gasteiger partial charge on any atom is -0.453 e. The highest BCUT2D eigenvalue weighted by Gasteiger charge is 2.31. The molecule has 162 valence electrons. The van der Waals surface area contributed by atoms with Gasteiger partial charge in [0, 0.05) is 19.2 Å². The van der Waals surface area contributed by atoms with Crippen LogP contribution in [0.15, 0.2) is 24.3 Å². The number of carbonyl (C=O) groups excluding carboxylic acids is 3. The van der Waals surface area contributed by atoms with E-state index in [1.807, 2.05) is 13.0 Å². The summed E-state index contributed by atoms with van der Waals surface area (Å²) >= 11 is 0. The number of ether oxygens (including phenoxy) is 2. The molecule has 0 saturated heterocycles. The molecule has 1 aromatic carbocycles. The largest absolute Gasteiger partial charge is 0.453 e. The molecule has 3 amide bonds. The number of methoxy groups -OCH3 is 2. The highest BCUT2D eigenvalue weighted by molar-refractivity contribution is 5.98. The van der Waals surface area contributed by atoms with Gasteiger partial charge in [0.1, 0.15) is 12.3 Å². The monoisotopic (exact) mass is 426 g/mol. The first-order valence-electron chi connectivity index (χ1n) is 9.41. The number of hydrogen-bond acceptors (Lipinski definition) is 7. The molecule has 2 N–H and O–H groups in total. The van der Waals surface area contributed by atoms with E-state index < -0.39 is 6.09 Å². The molecule has 2 heterocycles. The highest BCUT2D eigenvalue weighted by atomic mass is 16.5. The summed E-state index contributed by atoms with van der Waals surface area (Å²) in [5, 5.41) is 19.0. The lowest BCUT2D eigenvalue weighted by molar-refractivity contribution is -0.119. The predicted octanol–water partition coefficient (Wildman–Crippen LogP) is 1.34. The summed E-state index contributed by atoms with van der Waals surface area (Å²) in [6, 6.07) is 8.33. The summed E-state index contributed by atoms with van der Waals surface area (Å²) in [5.74, 6) is -0.681. The molecule has 1 aliphatic heterocycles. The van der Waals surface area contributed by atoms with E-state index in [9.17, 15) is 19.6 Å². The third-order valence-electron chi connectivity index (χ3n) is 4.72. The average Bonchev–Trinajstić information content (AvgIpc) is 3.21. The molecule has 0 spiro atoms. The molecule has 0 radical (unpaired) electrons. The lowest BCUT2D eigenvalue weighted by atomic mass is 10.1. The van der Waals surface area contributed by atoms with Gasteiger partial charge in [0.2, 0.25) is 5.91 Å². The Bertz CT molecular complexity index is 1060. The summed E-state index contributed by atoms with van der Waals surface area (Å²) in [6.45, 7) is 2.11. The molecule has 31 heavy (non-hydrogen) atoms. The molecular weight excluding hydrogens is 404 g/mol. The number of fused-ring (bicyclic) bond motifs is 1. The second-order valence-corrected chi connectivity index (χ2v) is 6.92. The van der Waals surface area contributed by atoms with Crippen LogP contribution in [0, 0.1) is 11.3 Å². The van der Waals surface area contributed by atoms with Crippen molar-refractivity contribution in [2.45, 2.75) is 13.0 Å². The summed E-state index contributed by atoms with van der Waals surface area (Å²) in [7, 11) is 2.65. The SMILES string of the molecule is COCC(=O)Nc1cc(C#N)ccc1-c1cc2n(n1)[C@@H](C)CN(CNC(=O)OC)C2=O. The third kappa shape index (κ3) is 4.65. The molecule has 11 nitrogen and oxygen atoms in total. The van der Waals surface area contributed by atoms with Gasteiger partial charge in [-0.05, 0) is 31.2 Å². The Hall–Kier alpha value is -3.91. The number of rotatable bonds is 6. The first-order valence-corrected chi connectivity index (χ1v) is 9.41. The van der Waals surface area contributed by atoms with E-state index in [4.69, 9.17) is 4.74 Å². The molecule has 0 saturated carbocycles. The van der Waals surface area contributed by atoms with E-state index in [0.717, 1.165) is 0 Å². The van der Waals surface area contributed by atoms with Gasteiger partial charge < -0.3 is 25.0 Å². The Morgan fingerprint density at radius 3 is 2.77 bits per heavy atom. The first kappa shape index (κ1) is 21.8. The fraction of sp³-hybridized carbons (Fsp3) is 0.350. The van der Waals surface area contributed by atoms with E-state index in [1.165, 1.54) is 19.1 Å². The van der Waals surface area contributed by atoms with Crippen LogP contribution in [0.4, 0.5) is 10.5 Å². The van der Waals surface area contributed by atoms with Gasteiger partial charge in [0.05, 0.1) is 42.8 Å². The molecule has 1 aliphatic rings. The van der Waals surface area contributed by atoms with Crippen molar-refractivity contribution in [3.63, 3.8) is 0 Å². The molecule has 0 aliphatic carbocycles. The second-order valence-electron chi connectivity index (χ2n) is 6.92. The summed E-state index contributed by atoms with van der Waals surface area (Å²) < 4.78 is 11.0. The standard InChI is InChI=1S/C20H22N6O5/c1-12-9-25(11-22-20(29)31-3)19(28)17-7-16(24-26(12)17)14-5-4-13(8-21)6-15(14)23-18(27)10-30-2/h4-7,12H,9-11H2,1-3H3,(H,22,29)(H,23,27)/t12-/m0/s1. The molecule has 2 aromatic rings. The van der Waals surface area contributed by atoms with Gasteiger partial charge in [0.25, 0.3) is 5.91 Å². The van der Waals surface area contributed by atoms with E-state index in [0.29, 0.717) is 34.7 Å². The van der Waals surface area contributed by atoms with E-state index >= 15 is 0 Å². The molecule has 1 aromatic heterocycles. The van der Waals surface area contributed by atoms with E-state index in [-0.39, 0.29) is 31.1 Å². The Labute approximate surface area is 178 Å². The van der Waals surface area contributed by atoms with Gasteiger partial charge in [-0.1, -0.05) is 0 Å². The highest BCUT2D eigenvalue weighted by Crippen LogP contribution is 2.31. The number of amides is 3. The van der Waals surface area contributed by atoms with Crippen molar-refractivity contribution in [2.24, 2.45) is 0 Å². The quantitative estimate of drug-likeness (QED) is 0.710. The van der Waals surface area contributed by atoms with Crippen LogP contribution < -0.4 is 10.6 Å². The fourth-order valence-electron chi connectivity index (χ4n) is 3.29. The third-order valence-corrected chi connectivity index (χ3v) is 4.72. The molecule has 1 atom stereocenters. The van der Waals surface area contributed by atoms with Crippen molar-refractivity contribution in [3.05, 3.63) is 35.5 Å². The van der Waals surface area contributed by atoms with Gasteiger partial charge in [0.15, 0.2) is 0 Å². The van der Waals surface area contributed by atoms with Gasteiger partial charge >= 0.3 is 6.09 Å². The molecule has 11 heteroatoms. The molecule has 3 rings (SSSR count). The number of carbonyl (C=O) groups is 3. The maximum absolute atomic E-state index is 12.9. The molecular formula is C20H22N6O5. The van der Waals surface area contributed by atoms with Crippen molar-refractivity contribution in [1.29, 1.82) is 5.26 Å². The van der Waals surface area contributed by atoms with Crippen LogP contribution in [0.1, 0.15) is 29.0 Å². The second kappa shape index (κ2) is 9.27. The van der Waals surface area contributed by atoms with Crippen LogP contribution in [0.2, 0.25) is 0 Å². The van der Waals surface area contributed by atoms with Gasteiger partial charge in [-0.3, -0.25) is 14.3 Å². The Morgan fingerprint density at radius 2 is 2.10 bits per heavy atom. The van der Waals surface area contributed by atoms with Gasteiger partial charge in [-0.15, -0.1) is 0 Å². The first-order chi connectivity index (χ1) is 14.9. The molecule has 0 unspecified atom stereocenters. The zero-order valence-electron chi connectivity index (χ0n) is 17.3. The number of aromatic nitrogens is 2. The number of benzene rings is 1. The fourth-order valence-corrected chi connectivity index (χ4v) is 3.29. The van der Waals surface area contributed by atoms with Crippen LogP contribution in [0.5, 0.6) is 0 Å². The van der Waals surface area contributed by atoms with Crippen LogP contribution in [0.3, 0.4) is 0 Å². The van der Waals surface area contributed by atoms with Crippen LogP contribution in [-0.2, 0) is 14.3 Å². The van der Waals surface area contributed by atoms with Crippen LogP contribution in [-0.4, -0.2) is 66.6 Å². The Morgan fingerprint density at radius 1 is 1.32 bits per heavy atom. The van der Waals surface area contributed by atoms with Crippen molar-refractivity contribution < 1.29 is 23.9 Å². The summed E-state index contributed by atoms with van der Waals surface area (Å²) in [5.41, 5.74) is 2.13. The minimum absolute atomic E-state index is 0.00551. The van der Waals surface area contributed by atoms with Crippen molar-refractivity contribution in [1.82, 2.24) is 20.0 Å². The van der Waals surface area contributed by atoms with Crippen molar-refractivity contribution in [2.75, 3.05) is 39.4 Å². The Kier molecular flexibility index (Phi) is 6.52. The number of nitrogens with one attached hydrogen (secondary N) is 2. The van der Waals surface area contributed by atoms with E-state index in [1.54, 1.807) is 28.9 Å². The number of anilines is 1. The number of nitriles is 1. The Balaban J connectivity index is 1.94. The van der Waals surface area contributed by atoms with Gasteiger partial charge in [-0.2, -0.15) is 10.4 Å². The van der Waals surface area contributed by atoms with Crippen LogP contribution >= 0.6 is 0 Å². The van der Waals surface area contributed by atoms with E-state index in [2.05, 4.69) is 20.5 Å². The van der Waals surface area contributed by atoms with Crippen LogP contribution in [0.25, 0.3) is 11.3 Å². The lowest BCUT2D eigenvalue weighted by Gasteiger charge is -2.31.